The average Bonchev–Trinajstić information content (AvgIpc) is 2.79. The Hall–Kier alpha value is -2.86. The molecular formula is C25H28N4OS. The summed E-state index contributed by atoms with van der Waals surface area (Å²) in [6, 6.07) is 18.6. The highest BCUT2D eigenvalue weighted by molar-refractivity contribution is 8.00. The van der Waals surface area contributed by atoms with Gasteiger partial charge in [-0.2, -0.15) is 0 Å². The number of piperidine rings is 1. The van der Waals surface area contributed by atoms with Crippen molar-refractivity contribution in [2.75, 3.05) is 29.1 Å². The smallest absolute Gasteiger partial charge is 0.234 e. The van der Waals surface area contributed by atoms with Crippen LogP contribution in [0.5, 0.6) is 0 Å². The number of nitrogens with zero attached hydrogens (tertiary/aromatic N) is 3. The Kier molecular flexibility index (Phi) is 7.20. The molecule has 0 saturated carbocycles. The second-order valence-corrected chi connectivity index (χ2v) is 8.98. The van der Waals surface area contributed by atoms with Crippen LogP contribution in [0, 0.1) is 12.8 Å². The topological polar surface area (TPSA) is 58.1 Å². The zero-order valence-corrected chi connectivity index (χ0v) is 18.6. The molecule has 1 N–H and O–H groups in total. The maximum atomic E-state index is 12.4. The van der Waals surface area contributed by atoms with Gasteiger partial charge in [-0.05, 0) is 55.4 Å². The summed E-state index contributed by atoms with van der Waals surface area (Å²) in [4.78, 5) is 23.8. The maximum Gasteiger partial charge on any atom is 0.234 e. The zero-order chi connectivity index (χ0) is 21.5. The molecule has 1 aliphatic heterocycles. The summed E-state index contributed by atoms with van der Waals surface area (Å²) in [7, 11) is 0. The van der Waals surface area contributed by atoms with Gasteiger partial charge >= 0.3 is 0 Å². The van der Waals surface area contributed by atoms with Gasteiger partial charge < -0.3 is 10.2 Å². The molecule has 0 radical (unpaired) electrons. The highest BCUT2D eigenvalue weighted by atomic mass is 32.2. The van der Waals surface area contributed by atoms with Gasteiger partial charge in [-0.1, -0.05) is 54.2 Å². The number of anilines is 2. The second-order valence-electron chi connectivity index (χ2n) is 8.01. The minimum atomic E-state index is -0.0335. The number of rotatable bonds is 7. The number of hydrogen-bond donors (Lipinski definition) is 1. The quantitative estimate of drug-likeness (QED) is 0.534. The number of benzene rings is 2. The first-order valence-electron chi connectivity index (χ1n) is 10.8. The first-order chi connectivity index (χ1) is 15.2. The van der Waals surface area contributed by atoms with Crippen molar-refractivity contribution < 1.29 is 4.79 Å². The van der Waals surface area contributed by atoms with Gasteiger partial charge in [0.05, 0.1) is 5.75 Å². The van der Waals surface area contributed by atoms with Crippen LogP contribution in [-0.2, 0) is 11.2 Å². The van der Waals surface area contributed by atoms with Crippen molar-refractivity contribution in [3.05, 3.63) is 78.1 Å². The molecule has 31 heavy (non-hydrogen) atoms. The van der Waals surface area contributed by atoms with E-state index in [0.717, 1.165) is 54.4 Å². The molecular weight excluding hydrogens is 404 g/mol. The standard InChI is InChI=1S/C25H28N4OS/c1-19-6-5-9-22(16-19)28-23(30)18-31-25-24(26-12-13-27-25)29-14-10-21(11-15-29)17-20-7-3-2-4-8-20/h2-9,12-13,16,21H,10-11,14-15,17-18H2,1H3,(H,28,30). The molecule has 0 aliphatic carbocycles. The first kappa shape index (κ1) is 21.4. The van der Waals surface area contributed by atoms with Crippen LogP contribution >= 0.6 is 11.8 Å². The van der Waals surface area contributed by atoms with Gasteiger partial charge in [0.1, 0.15) is 5.03 Å². The Morgan fingerprint density at radius 2 is 1.84 bits per heavy atom. The summed E-state index contributed by atoms with van der Waals surface area (Å²) in [5.74, 6) is 1.87. The van der Waals surface area contributed by atoms with Crippen LogP contribution in [0.1, 0.15) is 24.0 Å². The van der Waals surface area contributed by atoms with Gasteiger partial charge in [-0.3, -0.25) is 4.79 Å². The summed E-state index contributed by atoms with van der Waals surface area (Å²) < 4.78 is 0. The fourth-order valence-corrected chi connectivity index (χ4v) is 4.77. The molecule has 0 bridgehead atoms. The minimum Gasteiger partial charge on any atom is -0.354 e. The monoisotopic (exact) mass is 432 g/mol. The van der Waals surface area contributed by atoms with E-state index in [1.807, 2.05) is 31.2 Å². The number of nitrogens with one attached hydrogen (secondary N) is 1. The predicted molar refractivity (Wildman–Crippen MR) is 128 cm³/mol. The molecule has 1 aromatic heterocycles. The molecule has 2 aromatic carbocycles. The van der Waals surface area contributed by atoms with Crippen LogP contribution < -0.4 is 10.2 Å². The van der Waals surface area contributed by atoms with Crippen molar-refractivity contribution in [1.82, 2.24) is 9.97 Å². The first-order valence-corrected chi connectivity index (χ1v) is 11.7. The van der Waals surface area contributed by atoms with Gasteiger partial charge in [0.25, 0.3) is 0 Å². The molecule has 5 nitrogen and oxygen atoms in total. The lowest BCUT2D eigenvalue weighted by Crippen LogP contribution is -2.35. The number of carbonyl (C=O) groups is 1. The number of amides is 1. The summed E-state index contributed by atoms with van der Waals surface area (Å²) in [5, 5.41) is 3.78. The molecule has 1 saturated heterocycles. The number of aromatic nitrogens is 2. The Morgan fingerprint density at radius 1 is 1.06 bits per heavy atom. The third kappa shape index (κ3) is 6.07. The van der Waals surface area contributed by atoms with Crippen molar-refractivity contribution in [3.8, 4) is 0 Å². The Labute approximate surface area is 188 Å². The third-order valence-electron chi connectivity index (χ3n) is 5.57. The fraction of sp³-hybridized carbons (Fsp3) is 0.320. The van der Waals surface area contributed by atoms with Crippen LogP contribution in [0.2, 0.25) is 0 Å². The van der Waals surface area contributed by atoms with Gasteiger partial charge in [0.15, 0.2) is 5.82 Å². The van der Waals surface area contributed by atoms with Crippen LogP contribution in [0.3, 0.4) is 0 Å². The molecule has 2 heterocycles. The summed E-state index contributed by atoms with van der Waals surface area (Å²) >= 11 is 1.45. The molecule has 4 rings (SSSR count). The van der Waals surface area contributed by atoms with Crippen molar-refractivity contribution in [2.45, 2.75) is 31.2 Å². The van der Waals surface area contributed by atoms with Crippen molar-refractivity contribution in [2.24, 2.45) is 5.92 Å². The molecule has 1 amide bonds. The molecule has 160 valence electrons. The normalized spacial score (nSPS) is 14.4. The van der Waals surface area contributed by atoms with Gasteiger partial charge in [0.2, 0.25) is 5.91 Å². The molecule has 1 fully saturated rings. The van der Waals surface area contributed by atoms with Gasteiger partial charge in [-0.25, -0.2) is 9.97 Å². The van der Waals surface area contributed by atoms with E-state index in [2.05, 4.69) is 50.5 Å². The highest BCUT2D eigenvalue weighted by Crippen LogP contribution is 2.30. The van der Waals surface area contributed by atoms with Crippen LogP contribution in [0.15, 0.2) is 72.0 Å². The minimum absolute atomic E-state index is 0.0335. The predicted octanol–water partition coefficient (Wildman–Crippen LogP) is 4.97. The lowest BCUT2D eigenvalue weighted by molar-refractivity contribution is -0.113. The summed E-state index contributed by atoms with van der Waals surface area (Å²) in [6.07, 6.45) is 6.86. The number of hydrogen-bond acceptors (Lipinski definition) is 5. The maximum absolute atomic E-state index is 12.4. The number of aryl methyl sites for hydroxylation is 1. The molecule has 0 unspecified atom stereocenters. The summed E-state index contributed by atoms with van der Waals surface area (Å²) in [5.41, 5.74) is 3.36. The van der Waals surface area contributed by atoms with E-state index < -0.39 is 0 Å². The Morgan fingerprint density at radius 3 is 2.61 bits per heavy atom. The highest BCUT2D eigenvalue weighted by Gasteiger charge is 2.23. The molecule has 0 spiro atoms. The SMILES string of the molecule is Cc1cccc(NC(=O)CSc2nccnc2N2CCC(Cc3ccccc3)CC2)c1. The molecule has 0 atom stereocenters. The van der Waals surface area contributed by atoms with E-state index in [9.17, 15) is 4.79 Å². The zero-order valence-electron chi connectivity index (χ0n) is 17.8. The third-order valence-corrected chi connectivity index (χ3v) is 6.54. The summed E-state index contributed by atoms with van der Waals surface area (Å²) in [6.45, 7) is 3.96. The lowest BCUT2D eigenvalue weighted by Gasteiger charge is -2.33. The van der Waals surface area contributed by atoms with Crippen molar-refractivity contribution in [1.29, 1.82) is 0 Å². The van der Waals surface area contributed by atoms with Gasteiger partial charge in [-0.15, -0.1) is 0 Å². The Balaban J connectivity index is 1.32. The van der Waals surface area contributed by atoms with Crippen molar-refractivity contribution in [3.63, 3.8) is 0 Å². The van der Waals surface area contributed by atoms with Crippen molar-refractivity contribution >= 4 is 29.2 Å². The number of thioether (sulfide) groups is 1. The average molecular weight is 433 g/mol. The number of carbonyl (C=O) groups excluding carboxylic acids is 1. The van der Waals surface area contributed by atoms with Crippen LogP contribution in [-0.4, -0.2) is 34.7 Å². The van der Waals surface area contributed by atoms with E-state index in [0.29, 0.717) is 11.7 Å². The fourth-order valence-electron chi connectivity index (χ4n) is 3.99. The van der Waals surface area contributed by atoms with E-state index in [4.69, 9.17) is 0 Å². The van der Waals surface area contributed by atoms with Crippen LogP contribution in [0.25, 0.3) is 0 Å². The largest absolute Gasteiger partial charge is 0.354 e. The molecule has 6 heteroatoms. The van der Waals surface area contributed by atoms with E-state index in [1.54, 1.807) is 12.4 Å². The van der Waals surface area contributed by atoms with Gasteiger partial charge in [0, 0.05) is 31.2 Å². The van der Waals surface area contributed by atoms with E-state index in [1.165, 1.54) is 17.3 Å². The van der Waals surface area contributed by atoms with E-state index in [-0.39, 0.29) is 5.91 Å². The van der Waals surface area contributed by atoms with E-state index >= 15 is 0 Å². The lowest BCUT2D eigenvalue weighted by atomic mass is 9.90. The second kappa shape index (κ2) is 10.4. The Bertz CT molecular complexity index is 1000. The molecule has 1 aliphatic rings. The van der Waals surface area contributed by atoms with Crippen LogP contribution in [0.4, 0.5) is 11.5 Å². The molecule has 3 aromatic rings.